The highest BCUT2D eigenvalue weighted by Gasteiger charge is 2.04. The second-order valence-corrected chi connectivity index (χ2v) is 2.88. The monoisotopic (exact) mass is 212 g/mol. The van der Waals surface area contributed by atoms with Gasteiger partial charge in [0.15, 0.2) is 6.61 Å². The van der Waals surface area contributed by atoms with Crippen molar-refractivity contribution in [1.82, 2.24) is 0 Å². The van der Waals surface area contributed by atoms with Gasteiger partial charge in [-0.3, -0.25) is 9.59 Å². The maximum atomic E-state index is 10.9. The summed E-state index contributed by atoms with van der Waals surface area (Å²) in [7, 11) is 0. The third-order valence-corrected chi connectivity index (χ3v) is 1.63. The molecular weight excluding hydrogens is 196 g/mol. The van der Waals surface area contributed by atoms with Crippen LogP contribution in [0.3, 0.4) is 0 Å². The molecule has 0 rings (SSSR count). The molecule has 0 aromatic carbocycles. The Hall–Kier alpha value is -1.50. The Morgan fingerprint density at radius 1 is 1.13 bits per heavy atom. The predicted octanol–water partition coefficient (Wildman–Crippen LogP) is 1.29. The van der Waals surface area contributed by atoms with E-state index in [0.29, 0.717) is 32.3 Å². The summed E-state index contributed by atoms with van der Waals surface area (Å²) in [4.78, 5) is 21.8. The number of ether oxygens (including phenoxy) is 2. The largest absolute Gasteiger partial charge is 0.466 e. The first kappa shape index (κ1) is 13.5. The fourth-order valence-corrected chi connectivity index (χ4v) is 0.966. The molecule has 0 radical (unpaired) electrons. The Bertz CT molecular complexity index is 239. The van der Waals surface area contributed by atoms with Crippen molar-refractivity contribution in [3.05, 3.63) is 0 Å². The zero-order valence-corrected chi connectivity index (χ0v) is 8.95. The summed E-state index contributed by atoms with van der Waals surface area (Å²) in [6.45, 7) is 2.16. The average molecular weight is 212 g/mol. The van der Waals surface area contributed by atoms with Gasteiger partial charge in [-0.1, -0.05) is 5.92 Å². The molecule has 0 saturated carbocycles. The van der Waals surface area contributed by atoms with E-state index in [1.807, 2.05) is 0 Å². The van der Waals surface area contributed by atoms with Gasteiger partial charge in [0.05, 0.1) is 6.61 Å². The highest BCUT2D eigenvalue weighted by molar-refractivity contribution is 5.70. The van der Waals surface area contributed by atoms with Crippen molar-refractivity contribution in [3.63, 3.8) is 0 Å². The van der Waals surface area contributed by atoms with Crippen molar-refractivity contribution in [3.8, 4) is 12.3 Å². The second kappa shape index (κ2) is 9.07. The molecule has 0 aliphatic heterocycles. The van der Waals surface area contributed by atoms with Gasteiger partial charge in [-0.25, -0.2) is 0 Å². The summed E-state index contributed by atoms with van der Waals surface area (Å²) < 4.78 is 9.39. The SMILES string of the molecule is C#CCOC(=O)CCCCC(=O)OCC. The molecule has 0 aromatic heterocycles. The van der Waals surface area contributed by atoms with Gasteiger partial charge in [0, 0.05) is 12.8 Å². The van der Waals surface area contributed by atoms with Gasteiger partial charge in [0.1, 0.15) is 0 Å². The molecule has 84 valence electrons. The molecule has 0 atom stereocenters. The molecule has 0 spiro atoms. The Kier molecular flexibility index (Phi) is 8.16. The lowest BCUT2D eigenvalue weighted by molar-refractivity contribution is -0.145. The summed E-state index contributed by atoms with van der Waals surface area (Å²) >= 11 is 0. The van der Waals surface area contributed by atoms with E-state index in [2.05, 4.69) is 10.7 Å². The van der Waals surface area contributed by atoms with E-state index in [-0.39, 0.29) is 18.5 Å². The fourth-order valence-electron chi connectivity index (χ4n) is 0.966. The molecule has 0 amide bonds. The van der Waals surface area contributed by atoms with Crippen LogP contribution in [0.5, 0.6) is 0 Å². The van der Waals surface area contributed by atoms with E-state index in [4.69, 9.17) is 11.2 Å². The van der Waals surface area contributed by atoms with Gasteiger partial charge in [0.25, 0.3) is 0 Å². The predicted molar refractivity (Wildman–Crippen MR) is 54.9 cm³/mol. The van der Waals surface area contributed by atoms with E-state index in [1.54, 1.807) is 6.92 Å². The molecule has 4 nitrogen and oxygen atoms in total. The summed E-state index contributed by atoms with van der Waals surface area (Å²) in [6, 6.07) is 0. The van der Waals surface area contributed by atoms with Crippen LogP contribution in [0, 0.1) is 12.3 Å². The van der Waals surface area contributed by atoms with Crippen molar-refractivity contribution in [2.45, 2.75) is 32.6 Å². The van der Waals surface area contributed by atoms with Gasteiger partial charge in [-0.15, -0.1) is 6.42 Å². The fraction of sp³-hybridized carbons (Fsp3) is 0.636. The topological polar surface area (TPSA) is 52.6 Å². The molecular formula is C11H16O4. The van der Waals surface area contributed by atoms with E-state index < -0.39 is 0 Å². The molecule has 4 heteroatoms. The van der Waals surface area contributed by atoms with Gasteiger partial charge in [-0.2, -0.15) is 0 Å². The number of hydrogen-bond acceptors (Lipinski definition) is 4. The Morgan fingerprint density at radius 3 is 2.13 bits per heavy atom. The molecule has 0 heterocycles. The zero-order valence-electron chi connectivity index (χ0n) is 8.95. The summed E-state index contributed by atoms with van der Waals surface area (Å²) in [5.41, 5.74) is 0. The molecule has 0 unspecified atom stereocenters. The van der Waals surface area contributed by atoms with Crippen LogP contribution in [-0.4, -0.2) is 25.2 Å². The van der Waals surface area contributed by atoms with Crippen LogP contribution < -0.4 is 0 Å². The Labute approximate surface area is 89.9 Å². The third-order valence-electron chi connectivity index (χ3n) is 1.63. The minimum atomic E-state index is -0.322. The lowest BCUT2D eigenvalue weighted by atomic mass is 10.2. The van der Waals surface area contributed by atoms with Gasteiger partial charge >= 0.3 is 11.9 Å². The van der Waals surface area contributed by atoms with Crippen molar-refractivity contribution in [2.75, 3.05) is 13.2 Å². The number of rotatable bonds is 7. The number of carbonyl (C=O) groups excluding carboxylic acids is 2. The Balaban J connectivity index is 3.34. The summed E-state index contributed by atoms with van der Waals surface area (Å²) in [5, 5.41) is 0. The second-order valence-electron chi connectivity index (χ2n) is 2.88. The zero-order chi connectivity index (χ0) is 11.5. The number of unbranched alkanes of at least 4 members (excludes halogenated alkanes) is 1. The van der Waals surface area contributed by atoms with Crippen LogP contribution >= 0.6 is 0 Å². The number of terminal acetylenes is 1. The molecule has 0 aliphatic carbocycles. The Morgan fingerprint density at radius 2 is 1.67 bits per heavy atom. The first-order chi connectivity index (χ1) is 7.20. The number of hydrogen-bond donors (Lipinski definition) is 0. The molecule has 0 aliphatic rings. The highest BCUT2D eigenvalue weighted by Crippen LogP contribution is 2.02. The van der Waals surface area contributed by atoms with E-state index in [0.717, 1.165) is 0 Å². The van der Waals surface area contributed by atoms with Crippen molar-refractivity contribution in [2.24, 2.45) is 0 Å². The number of carbonyl (C=O) groups is 2. The lowest BCUT2D eigenvalue weighted by Gasteiger charge is -2.02. The van der Waals surface area contributed by atoms with E-state index in [1.165, 1.54) is 0 Å². The molecule has 0 saturated heterocycles. The molecule has 0 bridgehead atoms. The van der Waals surface area contributed by atoms with E-state index >= 15 is 0 Å². The maximum Gasteiger partial charge on any atom is 0.306 e. The van der Waals surface area contributed by atoms with Gasteiger partial charge < -0.3 is 9.47 Å². The van der Waals surface area contributed by atoms with Crippen LogP contribution in [0.4, 0.5) is 0 Å². The van der Waals surface area contributed by atoms with Crippen LogP contribution in [0.2, 0.25) is 0 Å². The van der Waals surface area contributed by atoms with Crippen LogP contribution in [0.1, 0.15) is 32.6 Å². The minimum Gasteiger partial charge on any atom is -0.466 e. The summed E-state index contributed by atoms with van der Waals surface area (Å²) in [5.74, 6) is 1.66. The van der Waals surface area contributed by atoms with Crippen LogP contribution in [-0.2, 0) is 19.1 Å². The summed E-state index contributed by atoms with van der Waals surface area (Å²) in [6.07, 6.45) is 6.79. The van der Waals surface area contributed by atoms with Gasteiger partial charge in [0.2, 0.25) is 0 Å². The third kappa shape index (κ3) is 8.82. The van der Waals surface area contributed by atoms with Crippen molar-refractivity contribution >= 4 is 11.9 Å². The normalized spacial score (nSPS) is 9.07. The standard InChI is InChI=1S/C11H16O4/c1-3-9-15-11(13)8-6-5-7-10(12)14-4-2/h1H,4-9H2,2H3. The lowest BCUT2D eigenvalue weighted by Crippen LogP contribution is -2.06. The molecule has 15 heavy (non-hydrogen) atoms. The highest BCUT2D eigenvalue weighted by atomic mass is 16.5. The van der Waals surface area contributed by atoms with Crippen LogP contribution in [0.15, 0.2) is 0 Å². The smallest absolute Gasteiger partial charge is 0.306 e. The van der Waals surface area contributed by atoms with E-state index in [9.17, 15) is 9.59 Å². The molecule has 0 N–H and O–H groups in total. The first-order valence-corrected chi connectivity index (χ1v) is 4.95. The first-order valence-electron chi connectivity index (χ1n) is 4.95. The molecule has 0 fully saturated rings. The van der Waals surface area contributed by atoms with Crippen molar-refractivity contribution in [1.29, 1.82) is 0 Å². The number of esters is 2. The molecule has 0 aromatic rings. The van der Waals surface area contributed by atoms with Gasteiger partial charge in [-0.05, 0) is 19.8 Å². The van der Waals surface area contributed by atoms with Crippen LogP contribution in [0.25, 0.3) is 0 Å². The average Bonchev–Trinajstić information content (AvgIpc) is 2.22. The quantitative estimate of drug-likeness (QED) is 0.362. The minimum absolute atomic E-state index is 0.0106. The maximum absolute atomic E-state index is 10.9. The van der Waals surface area contributed by atoms with Crippen molar-refractivity contribution < 1.29 is 19.1 Å².